The van der Waals surface area contributed by atoms with Crippen LogP contribution in [0.4, 0.5) is 0 Å². The summed E-state index contributed by atoms with van der Waals surface area (Å²) in [5.41, 5.74) is 5.32. The third kappa shape index (κ3) is 1.20. The Hall–Kier alpha value is -0.610. The van der Waals surface area contributed by atoms with Gasteiger partial charge in [-0.3, -0.25) is 4.79 Å². The molecule has 4 heteroatoms. The molecule has 4 N–H and O–H groups in total. The van der Waals surface area contributed by atoms with E-state index in [1.54, 1.807) is 0 Å². The molecule has 4 nitrogen and oxygen atoms in total. The first kappa shape index (κ1) is 6.51. The monoisotopic (exact) mass is 130 g/mol. The Morgan fingerprint density at radius 3 is 2.78 bits per heavy atom. The van der Waals surface area contributed by atoms with Crippen LogP contribution in [-0.4, -0.2) is 29.7 Å². The van der Waals surface area contributed by atoms with Crippen molar-refractivity contribution in [3.8, 4) is 0 Å². The third-order valence-corrected chi connectivity index (χ3v) is 1.44. The van der Waals surface area contributed by atoms with E-state index in [1.165, 1.54) is 0 Å². The van der Waals surface area contributed by atoms with Gasteiger partial charge in [0.25, 0.3) is 0 Å². The highest BCUT2D eigenvalue weighted by atomic mass is 16.3. The molecule has 1 fully saturated rings. The third-order valence-electron chi connectivity index (χ3n) is 1.44. The lowest BCUT2D eigenvalue weighted by molar-refractivity contribution is -0.120. The normalized spacial score (nSPS) is 34.7. The first-order chi connectivity index (χ1) is 4.24. The van der Waals surface area contributed by atoms with Crippen molar-refractivity contribution in [2.24, 2.45) is 5.73 Å². The van der Waals surface area contributed by atoms with Crippen molar-refractivity contribution < 1.29 is 9.90 Å². The average molecular weight is 130 g/mol. The molecule has 2 atom stereocenters. The Labute approximate surface area is 53.0 Å². The van der Waals surface area contributed by atoms with E-state index in [0.717, 1.165) is 0 Å². The molecule has 0 saturated carbocycles. The highest BCUT2D eigenvalue weighted by molar-refractivity contribution is 5.84. The second kappa shape index (κ2) is 2.33. The van der Waals surface area contributed by atoms with Gasteiger partial charge in [-0.2, -0.15) is 0 Å². The minimum absolute atomic E-state index is 0.0144. The Bertz CT molecular complexity index is 126. The second-order valence-electron chi connectivity index (χ2n) is 2.23. The number of rotatable bonds is 1. The van der Waals surface area contributed by atoms with Crippen molar-refractivity contribution in [1.29, 1.82) is 0 Å². The topological polar surface area (TPSA) is 75.3 Å². The molecule has 0 aromatic heterocycles. The van der Waals surface area contributed by atoms with Crippen molar-refractivity contribution >= 4 is 5.91 Å². The van der Waals surface area contributed by atoms with E-state index in [4.69, 9.17) is 10.8 Å². The Kier molecular flexibility index (Phi) is 1.68. The molecule has 0 aliphatic carbocycles. The molecule has 52 valence electrons. The molecule has 1 aliphatic rings. The van der Waals surface area contributed by atoms with Crippen LogP contribution in [0.3, 0.4) is 0 Å². The molecular weight excluding hydrogens is 120 g/mol. The largest absolute Gasteiger partial charge is 0.394 e. The van der Waals surface area contributed by atoms with Crippen molar-refractivity contribution in [3.63, 3.8) is 0 Å². The number of nitrogens with one attached hydrogen (secondary N) is 1. The number of aliphatic hydroxyl groups is 1. The Morgan fingerprint density at radius 2 is 2.56 bits per heavy atom. The lowest BCUT2D eigenvalue weighted by atomic mass is 10.2. The van der Waals surface area contributed by atoms with Crippen LogP contribution in [0.15, 0.2) is 0 Å². The van der Waals surface area contributed by atoms with Gasteiger partial charge in [0.05, 0.1) is 18.7 Å². The summed E-state index contributed by atoms with van der Waals surface area (Å²) in [7, 11) is 0. The molecule has 0 aromatic carbocycles. The van der Waals surface area contributed by atoms with Gasteiger partial charge in [-0.15, -0.1) is 0 Å². The lowest BCUT2D eigenvalue weighted by Crippen LogP contribution is -2.32. The van der Waals surface area contributed by atoms with Crippen LogP contribution < -0.4 is 11.1 Å². The van der Waals surface area contributed by atoms with Gasteiger partial charge in [-0.05, 0) is 6.42 Å². The molecule has 2 unspecified atom stereocenters. The van der Waals surface area contributed by atoms with Gasteiger partial charge in [0.1, 0.15) is 0 Å². The Morgan fingerprint density at radius 1 is 1.89 bits per heavy atom. The number of hydrogen-bond donors (Lipinski definition) is 3. The zero-order valence-corrected chi connectivity index (χ0v) is 5.00. The molecule has 1 rings (SSSR count). The SMILES string of the molecule is NC1CC(CO)NC1=O. The number of hydrogen-bond acceptors (Lipinski definition) is 3. The first-order valence-electron chi connectivity index (χ1n) is 2.91. The maximum absolute atomic E-state index is 10.6. The standard InChI is InChI=1S/C5H10N2O2/c6-4-1-3(2-8)7-5(4)9/h3-4,8H,1-2,6H2,(H,7,9). The Balaban J connectivity index is 2.44. The molecule has 0 spiro atoms. The molecule has 0 aromatic rings. The average Bonchev–Trinajstić information content (AvgIpc) is 2.13. The van der Waals surface area contributed by atoms with Gasteiger partial charge < -0.3 is 16.2 Å². The van der Waals surface area contributed by atoms with Crippen LogP contribution in [0, 0.1) is 0 Å². The van der Waals surface area contributed by atoms with Crippen molar-refractivity contribution in [1.82, 2.24) is 5.32 Å². The number of nitrogens with two attached hydrogens (primary N) is 1. The molecule has 1 heterocycles. The van der Waals surface area contributed by atoms with Gasteiger partial charge in [-0.1, -0.05) is 0 Å². The van der Waals surface area contributed by atoms with Crippen LogP contribution in [-0.2, 0) is 4.79 Å². The van der Waals surface area contributed by atoms with Gasteiger partial charge in [0, 0.05) is 0 Å². The first-order valence-corrected chi connectivity index (χ1v) is 2.91. The van der Waals surface area contributed by atoms with E-state index < -0.39 is 6.04 Å². The van der Waals surface area contributed by atoms with E-state index in [9.17, 15) is 4.79 Å². The maximum Gasteiger partial charge on any atom is 0.237 e. The summed E-state index contributed by atoms with van der Waals surface area (Å²) in [4.78, 5) is 10.6. The lowest BCUT2D eigenvalue weighted by Gasteiger charge is -2.01. The summed E-state index contributed by atoms with van der Waals surface area (Å²) in [6, 6.07) is -0.533. The minimum atomic E-state index is -0.415. The molecule has 1 saturated heterocycles. The summed E-state index contributed by atoms with van der Waals surface area (Å²) in [5, 5.41) is 11.1. The smallest absolute Gasteiger partial charge is 0.237 e. The highest BCUT2D eigenvalue weighted by Gasteiger charge is 2.27. The van der Waals surface area contributed by atoms with Crippen LogP contribution in [0.5, 0.6) is 0 Å². The van der Waals surface area contributed by atoms with E-state index in [-0.39, 0.29) is 18.6 Å². The van der Waals surface area contributed by atoms with Gasteiger partial charge in [-0.25, -0.2) is 0 Å². The quantitative estimate of drug-likeness (QED) is 0.392. The fraction of sp³-hybridized carbons (Fsp3) is 0.800. The van der Waals surface area contributed by atoms with Gasteiger partial charge in [0.2, 0.25) is 5.91 Å². The summed E-state index contributed by atoms with van der Waals surface area (Å²) in [5.74, 6) is -0.158. The minimum Gasteiger partial charge on any atom is -0.394 e. The summed E-state index contributed by atoms with van der Waals surface area (Å²) in [6.45, 7) is -0.0144. The summed E-state index contributed by atoms with van der Waals surface area (Å²) >= 11 is 0. The van der Waals surface area contributed by atoms with Crippen LogP contribution in [0.2, 0.25) is 0 Å². The van der Waals surface area contributed by atoms with Crippen LogP contribution in [0.1, 0.15) is 6.42 Å². The van der Waals surface area contributed by atoms with E-state index in [1.807, 2.05) is 0 Å². The molecule has 0 radical (unpaired) electrons. The fourth-order valence-corrected chi connectivity index (χ4v) is 0.901. The van der Waals surface area contributed by atoms with Crippen LogP contribution in [0.25, 0.3) is 0 Å². The van der Waals surface area contributed by atoms with Gasteiger partial charge in [0.15, 0.2) is 0 Å². The zero-order chi connectivity index (χ0) is 6.85. The fourth-order valence-electron chi connectivity index (χ4n) is 0.901. The summed E-state index contributed by atoms with van der Waals surface area (Å²) < 4.78 is 0. The predicted octanol–water partition coefficient (Wildman–Crippen LogP) is -1.81. The predicted molar refractivity (Wildman–Crippen MR) is 31.6 cm³/mol. The zero-order valence-electron chi connectivity index (χ0n) is 5.00. The number of amides is 1. The van der Waals surface area contributed by atoms with Crippen LogP contribution >= 0.6 is 0 Å². The number of carbonyl (C=O) groups is 1. The maximum atomic E-state index is 10.6. The van der Waals surface area contributed by atoms with Crippen molar-refractivity contribution in [2.75, 3.05) is 6.61 Å². The van der Waals surface area contributed by atoms with E-state index in [2.05, 4.69) is 5.32 Å². The van der Waals surface area contributed by atoms with Crippen molar-refractivity contribution in [3.05, 3.63) is 0 Å². The highest BCUT2D eigenvalue weighted by Crippen LogP contribution is 2.03. The molecule has 9 heavy (non-hydrogen) atoms. The molecular formula is C5H10N2O2. The summed E-state index contributed by atoms with van der Waals surface area (Å²) in [6.07, 6.45) is 0.551. The second-order valence-corrected chi connectivity index (χ2v) is 2.23. The van der Waals surface area contributed by atoms with E-state index >= 15 is 0 Å². The van der Waals surface area contributed by atoms with Gasteiger partial charge >= 0.3 is 0 Å². The number of aliphatic hydroxyl groups excluding tert-OH is 1. The van der Waals surface area contributed by atoms with Crippen molar-refractivity contribution in [2.45, 2.75) is 18.5 Å². The molecule has 0 bridgehead atoms. The molecule has 1 amide bonds. The van der Waals surface area contributed by atoms with E-state index in [0.29, 0.717) is 6.42 Å². The number of carbonyl (C=O) groups excluding carboxylic acids is 1. The molecule has 1 aliphatic heterocycles.